The van der Waals surface area contributed by atoms with Crippen molar-refractivity contribution in [2.24, 2.45) is 0 Å². The largest absolute Gasteiger partial charge is 0.389 e. The van der Waals surface area contributed by atoms with Crippen LogP contribution in [0, 0.1) is 9.39 Å². The maximum Gasteiger partial charge on any atom is 0.128 e. The van der Waals surface area contributed by atoms with Crippen LogP contribution in [-0.4, -0.2) is 24.4 Å². The van der Waals surface area contributed by atoms with Gasteiger partial charge >= 0.3 is 0 Å². The van der Waals surface area contributed by atoms with Gasteiger partial charge in [-0.2, -0.15) is 0 Å². The number of ether oxygens (including phenoxy) is 1. The molecule has 1 unspecified atom stereocenters. The maximum absolute atomic E-state index is 13.4. The van der Waals surface area contributed by atoms with E-state index >= 15 is 0 Å². The van der Waals surface area contributed by atoms with Crippen molar-refractivity contribution in [3.05, 3.63) is 63.5 Å². The lowest BCUT2D eigenvalue weighted by atomic mass is 10.2. The molecular weight excluding hydrogens is 384 g/mol. The van der Waals surface area contributed by atoms with Gasteiger partial charge in [-0.3, -0.25) is 0 Å². The Kier molecular flexibility index (Phi) is 6.41. The molecule has 0 heterocycles. The van der Waals surface area contributed by atoms with Crippen LogP contribution in [0.3, 0.4) is 0 Å². The Bertz CT molecular complexity index is 580. The summed E-state index contributed by atoms with van der Waals surface area (Å²) in [6.45, 7) is 0.703. The monoisotopic (exact) mass is 401 g/mol. The smallest absolute Gasteiger partial charge is 0.128 e. The second kappa shape index (κ2) is 8.31. The third-order valence-corrected chi connectivity index (χ3v) is 3.87. The van der Waals surface area contributed by atoms with E-state index in [4.69, 9.17) is 4.74 Å². The molecule has 112 valence electrons. The van der Waals surface area contributed by atoms with Gasteiger partial charge in [-0.1, -0.05) is 30.3 Å². The first-order valence-electron chi connectivity index (χ1n) is 6.64. The zero-order valence-electron chi connectivity index (χ0n) is 11.4. The summed E-state index contributed by atoms with van der Waals surface area (Å²) in [5, 5.41) is 13.0. The number of benzene rings is 2. The van der Waals surface area contributed by atoms with Crippen LogP contribution in [0.1, 0.15) is 5.56 Å². The molecule has 0 aromatic heterocycles. The van der Waals surface area contributed by atoms with Crippen molar-refractivity contribution in [1.82, 2.24) is 0 Å². The van der Waals surface area contributed by atoms with Crippen LogP contribution >= 0.6 is 22.6 Å². The van der Waals surface area contributed by atoms with E-state index in [-0.39, 0.29) is 19.0 Å². The van der Waals surface area contributed by atoms with Gasteiger partial charge in [0.2, 0.25) is 0 Å². The number of aliphatic hydroxyl groups excluding tert-OH is 1. The van der Waals surface area contributed by atoms with Gasteiger partial charge in [-0.15, -0.1) is 0 Å². The van der Waals surface area contributed by atoms with Gasteiger partial charge in [0.15, 0.2) is 0 Å². The van der Waals surface area contributed by atoms with Crippen molar-refractivity contribution in [1.29, 1.82) is 0 Å². The number of halogens is 2. The highest BCUT2D eigenvalue weighted by Gasteiger charge is 2.07. The van der Waals surface area contributed by atoms with Crippen molar-refractivity contribution < 1.29 is 14.2 Å². The molecule has 0 amide bonds. The van der Waals surface area contributed by atoms with Crippen LogP contribution in [0.4, 0.5) is 10.1 Å². The summed E-state index contributed by atoms with van der Waals surface area (Å²) in [5.41, 5.74) is 1.47. The fourth-order valence-electron chi connectivity index (χ4n) is 1.81. The molecule has 5 heteroatoms. The second-order valence-corrected chi connectivity index (χ2v) is 5.78. The van der Waals surface area contributed by atoms with E-state index < -0.39 is 6.10 Å². The van der Waals surface area contributed by atoms with E-state index in [0.29, 0.717) is 12.1 Å². The highest BCUT2D eigenvalue weighted by molar-refractivity contribution is 14.1. The molecule has 0 aliphatic heterocycles. The fraction of sp³-hybridized carbons (Fsp3) is 0.250. The standard InChI is InChI=1S/C16H17FINO2/c17-14-6-2-1-5-12(14)10-21-11-13(20)9-19-16-8-4-3-7-15(16)18/h1-8,13,19-20H,9-11H2. The van der Waals surface area contributed by atoms with E-state index in [1.165, 1.54) is 6.07 Å². The topological polar surface area (TPSA) is 41.5 Å². The van der Waals surface area contributed by atoms with E-state index in [9.17, 15) is 9.50 Å². The van der Waals surface area contributed by atoms with E-state index in [1.807, 2.05) is 24.3 Å². The first-order valence-corrected chi connectivity index (χ1v) is 7.72. The Morgan fingerprint density at radius 2 is 1.86 bits per heavy atom. The predicted octanol–water partition coefficient (Wildman–Crippen LogP) is 3.42. The highest BCUT2D eigenvalue weighted by Crippen LogP contribution is 2.16. The van der Waals surface area contributed by atoms with E-state index in [2.05, 4.69) is 27.9 Å². The van der Waals surface area contributed by atoms with Gasteiger partial charge < -0.3 is 15.2 Å². The molecule has 2 aromatic carbocycles. The summed E-state index contributed by atoms with van der Waals surface area (Å²) in [5.74, 6) is -0.288. The number of nitrogens with one attached hydrogen (secondary N) is 1. The van der Waals surface area contributed by atoms with E-state index in [1.54, 1.807) is 18.2 Å². The minimum Gasteiger partial charge on any atom is -0.389 e. The molecule has 2 aromatic rings. The molecule has 0 saturated heterocycles. The lowest BCUT2D eigenvalue weighted by Crippen LogP contribution is -2.25. The van der Waals surface area contributed by atoms with Gasteiger partial charge in [-0.05, 0) is 40.8 Å². The van der Waals surface area contributed by atoms with Crippen LogP contribution in [0.25, 0.3) is 0 Å². The van der Waals surface area contributed by atoms with Crippen LogP contribution in [0.2, 0.25) is 0 Å². The zero-order chi connectivity index (χ0) is 15.1. The zero-order valence-corrected chi connectivity index (χ0v) is 13.6. The molecule has 0 aliphatic carbocycles. The summed E-state index contributed by atoms with van der Waals surface area (Å²) in [6.07, 6.45) is -0.646. The normalized spacial score (nSPS) is 12.1. The van der Waals surface area contributed by atoms with Crippen molar-refractivity contribution in [3.8, 4) is 0 Å². The SMILES string of the molecule is OC(CNc1ccccc1I)COCc1ccccc1F. The van der Waals surface area contributed by atoms with Gasteiger partial charge in [0.25, 0.3) is 0 Å². The minimum atomic E-state index is -0.646. The summed E-state index contributed by atoms with van der Waals surface area (Å²) < 4.78 is 19.8. The molecule has 0 saturated carbocycles. The molecule has 0 bridgehead atoms. The number of rotatable bonds is 7. The molecule has 2 N–H and O–H groups in total. The molecule has 0 aliphatic rings. The van der Waals surface area contributed by atoms with Crippen LogP contribution in [0.5, 0.6) is 0 Å². The molecule has 0 fully saturated rings. The van der Waals surface area contributed by atoms with Crippen molar-refractivity contribution >= 4 is 28.3 Å². The Morgan fingerprint density at radius 1 is 1.14 bits per heavy atom. The van der Waals surface area contributed by atoms with Crippen LogP contribution in [0.15, 0.2) is 48.5 Å². The summed E-state index contributed by atoms with van der Waals surface area (Å²) in [4.78, 5) is 0. The van der Waals surface area contributed by atoms with Crippen molar-refractivity contribution in [3.63, 3.8) is 0 Å². The Morgan fingerprint density at radius 3 is 2.62 bits per heavy atom. The minimum absolute atomic E-state index is 0.157. The Balaban J connectivity index is 1.72. The lowest BCUT2D eigenvalue weighted by Gasteiger charge is -2.14. The average Bonchev–Trinajstić information content (AvgIpc) is 2.48. The Hall–Kier alpha value is -1.18. The van der Waals surface area contributed by atoms with Crippen molar-refractivity contribution in [2.45, 2.75) is 12.7 Å². The third kappa shape index (κ3) is 5.26. The summed E-state index contributed by atoms with van der Waals surface area (Å²) in [7, 11) is 0. The van der Waals surface area contributed by atoms with Gasteiger partial charge in [0.1, 0.15) is 5.82 Å². The molecule has 0 spiro atoms. The van der Waals surface area contributed by atoms with Crippen LogP contribution in [-0.2, 0) is 11.3 Å². The number of anilines is 1. The molecular formula is C16H17FINO2. The molecule has 21 heavy (non-hydrogen) atoms. The predicted molar refractivity (Wildman–Crippen MR) is 89.7 cm³/mol. The van der Waals surface area contributed by atoms with Gasteiger partial charge in [0, 0.05) is 21.4 Å². The van der Waals surface area contributed by atoms with Crippen LogP contribution < -0.4 is 5.32 Å². The third-order valence-electron chi connectivity index (χ3n) is 2.93. The molecule has 1 atom stereocenters. The first kappa shape index (κ1) is 16.2. The second-order valence-electron chi connectivity index (χ2n) is 4.62. The van der Waals surface area contributed by atoms with Gasteiger partial charge in [-0.25, -0.2) is 4.39 Å². The van der Waals surface area contributed by atoms with E-state index in [0.717, 1.165) is 9.26 Å². The first-order chi connectivity index (χ1) is 10.2. The number of hydrogen-bond donors (Lipinski definition) is 2. The number of para-hydroxylation sites is 1. The van der Waals surface area contributed by atoms with Crippen molar-refractivity contribution in [2.75, 3.05) is 18.5 Å². The lowest BCUT2D eigenvalue weighted by molar-refractivity contribution is 0.0337. The molecule has 0 radical (unpaired) electrons. The number of hydrogen-bond acceptors (Lipinski definition) is 3. The van der Waals surface area contributed by atoms with Gasteiger partial charge in [0.05, 0.1) is 19.3 Å². The summed E-state index contributed by atoms with van der Waals surface area (Å²) in [6, 6.07) is 14.3. The molecule has 3 nitrogen and oxygen atoms in total. The summed E-state index contributed by atoms with van der Waals surface area (Å²) >= 11 is 2.23. The maximum atomic E-state index is 13.4. The Labute approximate surface area is 137 Å². The highest BCUT2D eigenvalue weighted by atomic mass is 127. The fourth-order valence-corrected chi connectivity index (χ4v) is 2.39. The average molecular weight is 401 g/mol. The number of aliphatic hydroxyl groups is 1. The quantitative estimate of drug-likeness (QED) is 0.699. The molecule has 2 rings (SSSR count).